The average molecular weight is 198 g/mol. The fourth-order valence-electron chi connectivity index (χ4n) is 1.71. The number of fused-ring (bicyclic) bond motifs is 1. The van der Waals surface area contributed by atoms with Crippen LogP contribution < -0.4 is 0 Å². The molecule has 1 aromatic rings. The largest absolute Gasteiger partial charge is 0.384 e. The Balaban J connectivity index is 2.79. The van der Waals surface area contributed by atoms with Crippen LogP contribution in [-0.2, 0) is 15.4 Å². The molecule has 1 N–H and O–H groups in total. The van der Waals surface area contributed by atoms with Crippen molar-refractivity contribution in [3.8, 4) is 0 Å². The van der Waals surface area contributed by atoms with Gasteiger partial charge in [-0.3, -0.25) is 0 Å². The summed E-state index contributed by atoms with van der Waals surface area (Å²) in [7, 11) is -3.26. The van der Waals surface area contributed by atoms with E-state index in [0.717, 1.165) is 0 Å². The number of aliphatic hydroxyl groups is 1. The first-order valence-corrected chi connectivity index (χ1v) is 5.63. The van der Waals surface area contributed by atoms with Crippen molar-refractivity contribution in [1.82, 2.24) is 0 Å². The lowest BCUT2D eigenvalue weighted by Crippen LogP contribution is -2.22. The second-order valence-electron chi connectivity index (χ2n) is 3.53. The molecule has 0 fully saturated rings. The Bertz CT molecular complexity index is 446. The van der Waals surface area contributed by atoms with E-state index in [1.165, 1.54) is 13.0 Å². The standard InChI is InChI=1S/C9H10O3S/c1-9(10)6-13(11,12)8-5-3-2-4-7(8)9/h2-5,10H,6H2,1H3/t9-/m0/s1. The summed E-state index contributed by atoms with van der Waals surface area (Å²) < 4.78 is 23.0. The maximum absolute atomic E-state index is 11.5. The van der Waals surface area contributed by atoms with Crippen molar-refractivity contribution in [2.24, 2.45) is 0 Å². The first kappa shape index (κ1) is 8.72. The third kappa shape index (κ3) is 1.17. The molecule has 4 heteroatoms. The molecule has 0 aliphatic carbocycles. The molecule has 13 heavy (non-hydrogen) atoms. The van der Waals surface area contributed by atoms with Crippen LogP contribution in [0.3, 0.4) is 0 Å². The highest BCUT2D eigenvalue weighted by Crippen LogP contribution is 2.37. The van der Waals surface area contributed by atoms with Gasteiger partial charge in [-0.1, -0.05) is 18.2 Å². The van der Waals surface area contributed by atoms with Crippen LogP contribution >= 0.6 is 0 Å². The Kier molecular flexibility index (Phi) is 1.56. The van der Waals surface area contributed by atoms with Crippen molar-refractivity contribution < 1.29 is 13.5 Å². The molecule has 1 atom stereocenters. The number of rotatable bonds is 0. The molecule has 0 saturated carbocycles. The summed E-state index contributed by atoms with van der Waals surface area (Å²) in [5, 5.41) is 9.80. The van der Waals surface area contributed by atoms with Gasteiger partial charge in [0.2, 0.25) is 0 Å². The predicted molar refractivity (Wildman–Crippen MR) is 48.1 cm³/mol. The van der Waals surface area contributed by atoms with E-state index in [2.05, 4.69) is 0 Å². The van der Waals surface area contributed by atoms with E-state index in [1.807, 2.05) is 0 Å². The molecular formula is C9H10O3S. The Morgan fingerprint density at radius 3 is 2.62 bits per heavy atom. The Labute approximate surface area is 76.9 Å². The van der Waals surface area contributed by atoms with Gasteiger partial charge in [0.05, 0.1) is 10.6 Å². The lowest BCUT2D eigenvalue weighted by molar-refractivity contribution is 0.0842. The van der Waals surface area contributed by atoms with Crippen molar-refractivity contribution in [2.45, 2.75) is 17.4 Å². The van der Waals surface area contributed by atoms with E-state index in [4.69, 9.17) is 0 Å². The van der Waals surface area contributed by atoms with Gasteiger partial charge in [0.25, 0.3) is 0 Å². The average Bonchev–Trinajstić information content (AvgIpc) is 2.20. The summed E-state index contributed by atoms with van der Waals surface area (Å²) in [6, 6.07) is 6.58. The number of hydrogen-bond acceptors (Lipinski definition) is 3. The van der Waals surface area contributed by atoms with Crippen LogP contribution in [0.2, 0.25) is 0 Å². The van der Waals surface area contributed by atoms with Gasteiger partial charge in [0, 0.05) is 5.56 Å². The van der Waals surface area contributed by atoms with E-state index in [-0.39, 0.29) is 10.6 Å². The van der Waals surface area contributed by atoms with Crippen LogP contribution in [0.15, 0.2) is 29.2 Å². The molecule has 3 nitrogen and oxygen atoms in total. The van der Waals surface area contributed by atoms with Gasteiger partial charge in [-0.05, 0) is 13.0 Å². The first-order chi connectivity index (χ1) is 5.93. The summed E-state index contributed by atoms with van der Waals surface area (Å²) in [5.74, 6) is -0.209. The predicted octanol–water partition coefficient (Wildman–Crippen LogP) is 0.681. The first-order valence-electron chi connectivity index (χ1n) is 3.98. The SMILES string of the molecule is C[C@]1(O)CS(=O)(=O)c2ccccc21. The van der Waals surface area contributed by atoms with Crippen molar-refractivity contribution in [1.29, 1.82) is 0 Å². The van der Waals surface area contributed by atoms with E-state index in [0.29, 0.717) is 5.56 Å². The van der Waals surface area contributed by atoms with Crippen molar-refractivity contribution >= 4 is 9.84 Å². The maximum Gasteiger partial charge on any atom is 0.181 e. The van der Waals surface area contributed by atoms with Crippen LogP contribution in [0.4, 0.5) is 0 Å². The van der Waals surface area contributed by atoms with Gasteiger partial charge >= 0.3 is 0 Å². The van der Waals surface area contributed by atoms with Gasteiger partial charge in [-0.25, -0.2) is 8.42 Å². The second kappa shape index (κ2) is 2.33. The molecule has 0 spiro atoms. The van der Waals surface area contributed by atoms with E-state index in [9.17, 15) is 13.5 Å². The quantitative estimate of drug-likeness (QED) is 0.667. The molecule has 0 unspecified atom stereocenters. The van der Waals surface area contributed by atoms with Gasteiger partial charge in [0.1, 0.15) is 5.60 Å². The van der Waals surface area contributed by atoms with Gasteiger partial charge < -0.3 is 5.11 Å². The molecule has 1 aliphatic rings. The second-order valence-corrected chi connectivity index (χ2v) is 5.49. The zero-order valence-electron chi connectivity index (χ0n) is 7.19. The molecule has 0 amide bonds. The number of benzene rings is 1. The maximum atomic E-state index is 11.5. The van der Waals surface area contributed by atoms with Crippen molar-refractivity contribution in [3.05, 3.63) is 29.8 Å². The molecule has 1 aromatic carbocycles. The van der Waals surface area contributed by atoms with Crippen LogP contribution in [0, 0.1) is 0 Å². The topological polar surface area (TPSA) is 54.4 Å². The monoisotopic (exact) mass is 198 g/mol. The summed E-state index contributed by atoms with van der Waals surface area (Å²) in [6.45, 7) is 1.52. The highest BCUT2D eigenvalue weighted by Gasteiger charge is 2.41. The molecule has 1 aliphatic heterocycles. The number of hydrogen-bond donors (Lipinski definition) is 1. The highest BCUT2D eigenvalue weighted by molar-refractivity contribution is 7.91. The van der Waals surface area contributed by atoms with Crippen LogP contribution in [-0.4, -0.2) is 19.3 Å². The normalized spacial score (nSPS) is 30.0. The zero-order chi connectivity index (χ0) is 9.69. The van der Waals surface area contributed by atoms with Crippen LogP contribution in [0.25, 0.3) is 0 Å². The minimum Gasteiger partial charge on any atom is -0.384 e. The van der Waals surface area contributed by atoms with Gasteiger partial charge in [-0.15, -0.1) is 0 Å². The van der Waals surface area contributed by atoms with Gasteiger partial charge in [0.15, 0.2) is 9.84 Å². The zero-order valence-corrected chi connectivity index (χ0v) is 8.00. The lowest BCUT2D eigenvalue weighted by atomic mass is 9.99. The fourth-order valence-corrected chi connectivity index (χ4v) is 3.67. The van der Waals surface area contributed by atoms with E-state index >= 15 is 0 Å². The molecule has 2 rings (SSSR count). The molecule has 0 saturated heterocycles. The van der Waals surface area contributed by atoms with E-state index < -0.39 is 15.4 Å². The third-order valence-corrected chi connectivity index (χ3v) is 4.24. The fraction of sp³-hybridized carbons (Fsp3) is 0.333. The summed E-state index contributed by atoms with van der Waals surface area (Å²) >= 11 is 0. The number of sulfone groups is 1. The summed E-state index contributed by atoms with van der Waals surface area (Å²) in [6.07, 6.45) is 0. The van der Waals surface area contributed by atoms with E-state index in [1.54, 1.807) is 18.2 Å². The molecule has 0 radical (unpaired) electrons. The summed E-state index contributed by atoms with van der Waals surface area (Å²) in [5.41, 5.74) is -0.717. The lowest BCUT2D eigenvalue weighted by Gasteiger charge is -2.14. The Morgan fingerprint density at radius 1 is 1.38 bits per heavy atom. The Morgan fingerprint density at radius 2 is 2.00 bits per heavy atom. The molecule has 1 heterocycles. The van der Waals surface area contributed by atoms with Crippen LogP contribution in [0.5, 0.6) is 0 Å². The highest BCUT2D eigenvalue weighted by atomic mass is 32.2. The Hall–Kier alpha value is -0.870. The molecule has 0 aromatic heterocycles. The molecular weight excluding hydrogens is 188 g/mol. The summed E-state index contributed by atoms with van der Waals surface area (Å²) in [4.78, 5) is 0.264. The smallest absolute Gasteiger partial charge is 0.181 e. The van der Waals surface area contributed by atoms with Gasteiger partial charge in [-0.2, -0.15) is 0 Å². The van der Waals surface area contributed by atoms with Crippen LogP contribution in [0.1, 0.15) is 12.5 Å². The minimum atomic E-state index is -3.26. The third-order valence-electron chi connectivity index (χ3n) is 2.27. The van der Waals surface area contributed by atoms with Crippen molar-refractivity contribution in [2.75, 3.05) is 5.75 Å². The van der Waals surface area contributed by atoms with Crippen molar-refractivity contribution in [3.63, 3.8) is 0 Å². The molecule has 0 bridgehead atoms. The molecule has 70 valence electrons. The minimum absolute atomic E-state index is 0.209.